The van der Waals surface area contributed by atoms with Gasteiger partial charge >= 0.3 is 0 Å². The van der Waals surface area contributed by atoms with Crippen LogP contribution in [-0.4, -0.2) is 23.5 Å². The molecule has 0 heterocycles. The summed E-state index contributed by atoms with van der Waals surface area (Å²) in [6.45, 7) is 2.21. The van der Waals surface area contributed by atoms with E-state index in [9.17, 15) is 4.79 Å². The number of nitriles is 1. The van der Waals surface area contributed by atoms with E-state index in [-0.39, 0.29) is 17.7 Å². The number of amidine groups is 1. The summed E-state index contributed by atoms with van der Waals surface area (Å²) < 4.78 is 0. The Labute approximate surface area is 147 Å². The summed E-state index contributed by atoms with van der Waals surface area (Å²) in [5, 5.41) is 23.0. The van der Waals surface area contributed by atoms with Crippen molar-refractivity contribution in [3.8, 4) is 6.07 Å². The third-order valence-corrected chi connectivity index (χ3v) is 4.58. The molecule has 5 N–H and O–H groups in total. The molecule has 7 heteroatoms. The van der Waals surface area contributed by atoms with Gasteiger partial charge in [-0.25, -0.2) is 0 Å². The van der Waals surface area contributed by atoms with E-state index in [4.69, 9.17) is 16.4 Å². The minimum absolute atomic E-state index is 0.167. The Bertz CT molecular complexity index is 698. The van der Waals surface area contributed by atoms with Crippen molar-refractivity contribution in [2.75, 3.05) is 5.43 Å². The van der Waals surface area contributed by atoms with Gasteiger partial charge in [-0.2, -0.15) is 10.4 Å². The largest absolute Gasteiger partial charge is 0.382 e. The maximum atomic E-state index is 12.6. The average molecular weight is 340 g/mol. The summed E-state index contributed by atoms with van der Waals surface area (Å²) in [5.41, 5.74) is 8.62. The second-order valence-electron chi connectivity index (χ2n) is 6.24. The number of nitrogens with two attached hydrogens (primary N) is 1. The van der Waals surface area contributed by atoms with Gasteiger partial charge in [0.25, 0.3) is 5.91 Å². The van der Waals surface area contributed by atoms with Crippen LogP contribution < -0.4 is 16.5 Å². The number of benzene rings is 1. The Kier molecular flexibility index (Phi) is 6.52. The molecule has 0 spiro atoms. The molecule has 7 nitrogen and oxygen atoms in total. The highest BCUT2D eigenvalue weighted by molar-refractivity contribution is 6.45. The standard InChI is InChI=1S/C18H24N6O/c1-2-12-7-9-13(10-8-12)22-18(25)14-5-3-4-6-15(14)23-24-16(11-19)17(20)21/h3-6,12-13,23H,2,7-10H2,1H3,(H3,20,21)(H,22,25)/b24-16+. The molecule has 1 amide bonds. The van der Waals surface area contributed by atoms with Gasteiger partial charge in [0.15, 0.2) is 5.84 Å². The van der Waals surface area contributed by atoms with Crippen molar-refractivity contribution in [3.63, 3.8) is 0 Å². The molecule has 2 rings (SSSR count). The molecule has 0 saturated heterocycles. The maximum Gasteiger partial charge on any atom is 0.253 e. The van der Waals surface area contributed by atoms with Crippen LogP contribution in [0.15, 0.2) is 29.4 Å². The molecule has 0 radical (unpaired) electrons. The fourth-order valence-corrected chi connectivity index (χ4v) is 3.02. The number of hydrazone groups is 1. The van der Waals surface area contributed by atoms with Gasteiger partial charge < -0.3 is 11.1 Å². The molecule has 0 unspecified atom stereocenters. The number of hydrogen-bond donors (Lipinski definition) is 4. The molecule has 1 aliphatic rings. The summed E-state index contributed by atoms with van der Waals surface area (Å²) in [5.74, 6) is 0.177. The van der Waals surface area contributed by atoms with Crippen molar-refractivity contribution in [1.29, 1.82) is 10.7 Å². The van der Waals surface area contributed by atoms with E-state index in [2.05, 4.69) is 22.8 Å². The van der Waals surface area contributed by atoms with Crippen molar-refractivity contribution < 1.29 is 4.79 Å². The highest BCUT2D eigenvalue weighted by Gasteiger charge is 2.22. The number of anilines is 1. The van der Waals surface area contributed by atoms with Crippen LogP contribution in [0.4, 0.5) is 5.69 Å². The summed E-state index contributed by atoms with van der Waals surface area (Å²) >= 11 is 0. The quantitative estimate of drug-likeness (QED) is 0.360. The zero-order chi connectivity index (χ0) is 18.2. The van der Waals surface area contributed by atoms with E-state index in [1.807, 2.05) is 0 Å². The number of carbonyl (C=O) groups is 1. The van der Waals surface area contributed by atoms with Crippen molar-refractivity contribution >= 4 is 23.1 Å². The molecule has 1 fully saturated rings. The van der Waals surface area contributed by atoms with E-state index in [1.54, 1.807) is 30.3 Å². The van der Waals surface area contributed by atoms with E-state index < -0.39 is 5.84 Å². The Balaban J connectivity index is 2.06. The highest BCUT2D eigenvalue weighted by Crippen LogP contribution is 2.27. The first-order chi connectivity index (χ1) is 12.0. The predicted molar refractivity (Wildman–Crippen MR) is 98.5 cm³/mol. The van der Waals surface area contributed by atoms with Crippen LogP contribution in [0.25, 0.3) is 0 Å². The van der Waals surface area contributed by atoms with Crippen LogP contribution in [-0.2, 0) is 0 Å². The first kappa shape index (κ1) is 18.5. The molecule has 1 aliphatic carbocycles. The summed E-state index contributed by atoms with van der Waals surface area (Å²) in [7, 11) is 0. The molecule has 0 atom stereocenters. The molecule has 0 aromatic heterocycles. The number of carbonyl (C=O) groups excluding carboxylic acids is 1. The molecule has 1 aromatic carbocycles. The van der Waals surface area contributed by atoms with Gasteiger partial charge in [-0.1, -0.05) is 25.5 Å². The molecule has 25 heavy (non-hydrogen) atoms. The number of amides is 1. The first-order valence-electron chi connectivity index (χ1n) is 8.53. The first-order valence-corrected chi connectivity index (χ1v) is 8.53. The number of nitrogens with one attached hydrogen (secondary N) is 3. The Morgan fingerprint density at radius 3 is 2.64 bits per heavy atom. The lowest BCUT2D eigenvalue weighted by molar-refractivity contribution is 0.0922. The van der Waals surface area contributed by atoms with Crippen molar-refractivity contribution in [2.45, 2.75) is 45.1 Å². The lowest BCUT2D eigenvalue weighted by Gasteiger charge is -2.28. The summed E-state index contributed by atoms with van der Waals surface area (Å²) in [6.07, 6.45) is 5.50. The van der Waals surface area contributed by atoms with Gasteiger partial charge in [-0.3, -0.25) is 15.6 Å². The average Bonchev–Trinajstić information content (AvgIpc) is 2.63. The SMILES string of the molecule is CCC1CCC(NC(=O)c2ccccc2N/N=C(\C#N)C(=N)N)CC1. The van der Waals surface area contributed by atoms with Gasteiger partial charge in [0.05, 0.1) is 11.3 Å². The Hall–Kier alpha value is -2.88. The zero-order valence-corrected chi connectivity index (χ0v) is 14.4. The maximum absolute atomic E-state index is 12.6. The lowest BCUT2D eigenvalue weighted by atomic mass is 9.84. The van der Waals surface area contributed by atoms with Crippen LogP contribution in [0.2, 0.25) is 0 Å². The van der Waals surface area contributed by atoms with Crippen LogP contribution >= 0.6 is 0 Å². The van der Waals surface area contributed by atoms with Crippen LogP contribution in [0.1, 0.15) is 49.4 Å². The molecule has 1 aromatic rings. The monoisotopic (exact) mass is 340 g/mol. The van der Waals surface area contributed by atoms with Gasteiger partial charge in [0, 0.05) is 6.04 Å². The van der Waals surface area contributed by atoms with E-state index in [0.29, 0.717) is 11.3 Å². The Morgan fingerprint density at radius 1 is 1.36 bits per heavy atom. The van der Waals surface area contributed by atoms with E-state index in [1.165, 1.54) is 6.42 Å². The van der Waals surface area contributed by atoms with Crippen molar-refractivity contribution in [2.24, 2.45) is 16.8 Å². The van der Waals surface area contributed by atoms with Crippen LogP contribution in [0, 0.1) is 22.7 Å². The Morgan fingerprint density at radius 2 is 2.04 bits per heavy atom. The van der Waals surface area contributed by atoms with Crippen LogP contribution in [0.3, 0.4) is 0 Å². The minimum atomic E-state index is -0.426. The van der Waals surface area contributed by atoms with Crippen molar-refractivity contribution in [3.05, 3.63) is 29.8 Å². The van der Waals surface area contributed by atoms with Crippen LogP contribution in [0.5, 0.6) is 0 Å². The molecular formula is C18H24N6O. The van der Waals surface area contributed by atoms with E-state index >= 15 is 0 Å². The second-order valence-corrected chi connectivity index (χ2v) is 6.24. The fraction of sp³-hybridized carbons (Fsp3) is 0.444. The number of para-hydroxylation sites is 1. The summed E-state index contributed by atoms with van der Waals surface area (Å²) in [6, 6.07) is 8.86. The zero-order valence-electron chi connectivity index (χ0n) is 14.4. The van der Waals surface area contributed by atoms with Gasteiger partial charge in [-0.15, -0.1) is 0 Å². The molecular weight excluding hydrogens is 316 g/mol. The third kappa shape index (κ3) is 5.05. The minimum Gasteiger partial charge on any atom is -0.382 e. The van der Waals surface area contributed by atoms with Gasteiger partial charge in [-0.05, 0) is 43.7 Å². The van der Waals surface area contributed by atoms with Gasteiger partial charge in [0.2, 0.25) is 5.71 Å². The molecule has 0 bridgehead atoms. The summed E-state index contributed by atoms with van der Waals surface area (Å²) in [4.78, 5) is 12.6. The topological polar surface area (TPSA) is 127 Å². The van der Waals surface area contributed by atoms with E-state index in [0.717, 1.165) is 31.6 Å². The normalized spacial score (nSPS) is 20.4. The highest BCUT2D eigenvalue weighted by atomic mass is 16.1. The lowest BCUT2D eigenvalue weighted by Crippen LogP contribution is -2.37. The van der Waals surface area contributed by atoms with Crippen molar-refractivity contribution in [1.82, 2.24) is 5.32 Å². The number of rotatable bonds is 6. The second kappa shape index (κ2) is 8.83. The third-order valence-electron chi connectivity index (χ3n) is 4.58. The molecule has 132 valence electrons. The molecule has 1 saturated carbocycles. The fourth-order valence-electron chi connectivity index (χ4n) is 3.02. The van der Waals surface area contributed by atoms with Gasteiger partial charge in [0.1, 0.15) is 6.07 Å². The number of hydrogen-bond acceptors (Lipinski definition) is 5. The number of nitrogens with zero attached hydrogens (tertiary/aromatic N) is 2. The smallest absolute Gasteiger partial charge is 0.253 e. The molecule has 0 aliphatic heterocycles. The predicted octanol–water partition coefficient (Wildman–Crippen LogP) is 2.61.